The average Bonchev–Trinajstić information content (AvgIpc) is 2.29. The summed E-state index contributed by atoms with van der Waals surface area (Å²) in [6.07, 6.45) is -2.35. The predicted molar refractivity (Wildman–Crippen MR) is 62.1 cm³/mol. The standard InChI is InChI=1S/C12H13F3N2O.Fe/c13-12(14,15)8-4-5-10(9(16)7-8)17-6-2-1-3-11(17)18;/h4-5,7H,1-3,6,16H2;. The van der Waals surface area contributed by atoms with E-state index < -0.39 is 11.7 Å². The molecule has 0 bridgehead atoms. The number of anilines is 2. The SMILES string of the molecule is Nc1cc(C(F)(F)F)ccc1N1CCCCC1=O.[Fe]. The van der Waals surface area contributed by atoms with Gasteiger partial charge in [-0.2, -0.15) is 13.2 Å². The van der Waals surface area contributed by atoms with Gasteiger partial charge in [0.1, 0.15) is 0 Å². The van der Waals surface area contributed by atoms with Crippen LogP contribution in [0.3, 0.4) is 0 Å². The van der Waals surface area contributed by atoms with Crippen LogP contribution in [0, 0.1) is 0 Å². The predicted octanol–water partition coefficient (Wildman–Crippen LogP) is 2.80. The summed E-state index contributed by atoms with van der Waals surface area (Å²) in [7, 11) is 0. The maximum atomic E-state index is 12.5. The summed E-state index contributed by atoms with van der Waals surface area (Å²) in [6.45, 7) is 0.508. The van der Waals surface area contributed by atoms with Crippen molar-refractivity contribution in [3.63, 3.8) is 0 Å². The minimum Gasteiger partial charge on any atom is -0.397 e. The first-order chi connectivity index (χ1) is 8.39. The number of benzene rings is 1. The van der Waals surface area contributed by atoms with E-state index in [4.69, 9.17) is 5.73 Å². The Morgan fingerprint density at radius 2 is 1.89 bits per heavy atom. The molecule has 1 aromatic carbocycles. The molecule has 1 saturated heterocycles. The quantitative estimate of drug-likeness (QED) is 0.640. The molecule has 106 valence electrons. The van der Waals surface area contributed by atoms with Crippen molar-refractivity contribution in [1.29, 1.82) is 0 Å². The summed E-state index contributed by atoms with van der Waals surface area (Å²) in [5, 5.41) is 0. The van der Waals surface area contributed by atoms with E-state index in [0.717, 1.165) is 25.0 Å². The van der Waals surface area contributed by atoms with Crippen molar-refractivity contribution >= 4 is 17.3 Å². The number of rotatable bonds is 1. The first-order valence-corrected chi connectivity index (χ1v) is 5.66. The molecule has 3 nitrogen and oxygen atoms in total. The molecule has 0 spiro atoms. The van der Waals surface area contributed by atoms with Crippen molar-refractivity contribution in [3.8, 4) is 0 Å². The first-order valence-electron chi connectivity index (χ1n) is 5.66. The number of hydrogen-bond donors (Lipinski definition) is 1. The van der Waals surface area contributed by atoms with Crippen LogP contribution in [0.2, 0.25) is 0 Å². The molecule has 0 aliphatic carbocycles. The molecule has 7 heteroatoms. The fourth-order valence-corrected chi connectivity index (χ4v) is 2.04. The molecule has 1 aliphatic rings. The molecular formula is C12H13F3FeN2O. The maximum Gasteiger partial charge on any atom is 0.416 e. The van der Waals surface area contributed by atoms with Gasteiger partial charge in [0.15, 0.2) is 0 Å². The molecule has 1 amide bonds. The number of carbonyl (C=O) groups is 1. The van der Waals surface area contributed by atoms with Crippen LogP contribution >= 0.6 is 0 Å². The number of halogens is 3. The molecule has 0 atom stereocenters. The normalized spacial score (nSPS) is 16.2. The number of nitrogens with two attached hydrogens (primary N) is 1. The van der Waals surface area contributed by atoms with Crippen LogP contribution in [-0.2, 0) is 28.0 Å². The number of carbonyl (C=O) groups excluding carboxylic acids is 1. The van der Waals surface area contributed by atoms with Crippen LogP contribution in [0.5, 0.6) is 0 Å². The Balaban J connectivity index is 0.00000180. The van der Waals surface area contributed by atoms with Gasteiger partial charge in [-0.25, -0.2) is 0 Å². The third kappa shape index (κ3) is 3.42. The minimum atomic E-state index is -4.42. The van der Waals surface area contributed by atoms with E-state index in [0.29, 0.717) is 18.7 Å². The van der Waals surface area contributed by atoms with Crippen LogP contribution in [-0.4, -0.2) is 12.5 Å². The number of hydrogen-bond acceptors (Lipinski definition) is 2. The monoisotopic (exact) mass is 314 g/mol. The summed E-state index contributed by atoms with van der Waals surface area (Å²) < 4.78 is 37.4. The summed E-state index contributed by atoms with van der Waals surface area (Å²) in [6, 6.07) is 3.09. The van der Waals surface area contributed by atoms with Crippen molar-refractivity contribution in [3.05, 3.63) is 23.8 Å². The van der Waals surface area contributed by atoms with Crippen molar-refractivity contribution in [2.45, 2.75) is 25.4 Å². The van der Waals surface area contributed by atoms with Gasteiger partial charge in [0.05, 0.1) is 16.9 Å². The number of amides is 1. The van der Waals surface area contributed by atoms with Gasteiger partial charge in [-0.15, -0.1) is 0 Å². The average molecular weight is 314 g/mol. The van der Waals surface area contributed by atoms with Gasteiger partial charge < -0.3 is 10.6 Å². The minimum absolute atomic E-state index is 0. The van der Waals surface area contributed by atoms with Crippen LogP contribution in [0.4, 0.5) is 24.5 Å². The molecule has 1 aliphatic heterocycles. The molecule has 0 aromatic heterocycles. The smallest absolute Gasteiger partial charge is 0.397 e. The fourth-order valence-electron chi connectivity index (χ4n) is 2.04. The summed E-state index contributed by atoms with van der Waals surface area (Å²) in [5.41, 5.74) is 5.17. The van der Waals surface area contributed by atoms with E-state index in [1.807, 2.05) is 0 Å². The van der Waals surface area contributed by atoms with E-state index in [1.165, 1.54) is 11.0 Å². The van der Waals surface area contributed by atoms with Crippen LogP contribution in [0.15, 0.2) is 18.2 Å². The van der Waals surface area contributed by atoms with Crippen LogP contribution in [0.1, 0.15) is 24.8 Å². The molecule has 1 aromatic rings. The Hall–Kier alpha value is -1.20. The van der Waals surface area contributed by atoms with E-state index in [9.17, 15) is 18.0 Å². The fraction of sp³-hybridized carbons (Fsp3) is 0.417. The van der Waals surface area contributed by atoms with Crippen LogP contribution < -0.4 is 10.6 Å². The first kappa shape index (κ1) is 15.9. The third-order valence-corrected chi connectivity index (χ3v) is 2.97. The van der Waals surface area contributed by atoms with E-state index in [-0.39, 0.29) is 28.7 Å². The number of nitrogens with zero attached hydrogens (tertiary/aromatic N) is 1. The van der Waals surface area contributed by atoms with Crippen molar-refractivity contribution in [1.82, 2.24) is 0 Å². The van der Waals surface area contributed by atoms with E-state index in [1.54, 1.807) is 0 Å². The van der Waals surface area contributed by atoms with Gasteiger partial charge in [-0.1, -0.05) is 0 Å². The van der Waals surface area contributed by atoms with Gasteiger partial charge in [0, 0.05) is 30.0 Å². The second kappa shape index (κ2) is 5.84. The second-order valence-corrected chi connectivity index (χ2v) is 4.27. The number of nitrogen functional groups attached to an aromatic ring is 1. The molecular weight excluding hydrogens is 301 g/mol. The molecule has 1 fully saturated rings. The Morgan fingerprint density at radius 3 is 2.42 bits per heavy atom. The second-order valence-electron chi connectivity index (χ2n) is 4.27. The topological polar surface area (TPSA) is 46.3 Å². The Labute approximate surface area is 119 Å². The van der Waals surface area contributed by atoms with Gasteiger partial charge in [0.25, 0.3) is 0 Å². The van der Waals surface area contributed by atoms with E-state index >= 15 is 0 Å². The zero-order valence-corrected chi connectivity index (χ0v) is 11.1. The Kier molecular flexibility index (Phi) is 4.87. The third-order valence-electron chi connectivity index (χ3n) is 2.97. The molecule has 0 saturated carbocycles. The molecule has 2 rings (SSSR count). The molecule has 1 heterocycles. The van der Waals surface area contributed by atoms with E-state index in [2.05, 4.69) is 0 Å². The number of piperidine rings is 1. The molecule has 0 radical (unpaired) electrons. The van der Waals surface area contributed by atoms with Crippen molar-refractivity contribution in [2.75, 3.05) is 17.2 Å². The van der Waals surface area contributed by atoms with Gasteiger partial charge in [0.2, 0.25) is 5.91 Å². The summed E-state index contributed by atoms with van der Waals surface area (Å²) in [5.74, 6) is -0.0901. The Bertz CT molecular complexity index is 477. The zero-order chi connectivity index (χ0) is 13.3. The Morgan fingerprint density at radius 1 is 1.21 bits per heavy atom. The summed E-state index contributed by atoms with van der Waals surface area (Å²) >= 11 is 0. The molecule has 19 heavy (non-hydrogen) atoms. The van der Waals surface area contributed by atoms with Crippen molar-refractivity contribution < 1.29 is 35.0 Å². The maximum absolute atomic E-state index is 12.5. The largest absolute Gasteiger partial charge is 0.416 e. The number of alkyl halides is 3. The van der Waals surface area contributed by atoms with Gasteiger partial charge in [-0.05, 0) is 31.0 Å². The summed E-state index contributed by atoms with van der Waals surface area (Å²) in [4.78, 5) is 13.1. The molecule has 2 N–H and O–H groups in total. The van der Waals surface area contributed by atoms with Crippen LogP contribution in [0.25, 0.3) is 0 Å². The zero-order valence-electron chi connectivity index (χ0n) is 9.98. The van der Waals surface area contributed by atoms with Crippen molar-refractivity contribution in [2.24, 2.45) is 0 Å². The van der Waals surface area contributed by atoms with Gasteiger partial charge >= 0.3 is 6.18 Å². The molecule has 0 unspecified atom stereocenters. The van der Waals surface area contributed by atoms with Gasteiger partial charge in [-0.3, -0.25) is 4.79 Å².